The maximum atomic E-state index is 12.1. The third kappa shape index (κ3) is 5.73. The number of benzene rings is 1. The number of methoxy groups -OCH3 is 1. The van der Waals surface area contributed by atoms with Gasteiger partial charge in [0.1, 0.15) is 17.6 Å². The first-order chi connectivity index (χ1) is 10.5. The first kappa shape index (κ1) is 16.9. The highest BCUT2D eigenvalue weighted by Gasteiger charge is 2.31. The third-order valence-electron chi connectivity index (χ3n) is 3.51. The molecule has 2 rings (SSSR count). The summed E-state index contributed by atoms with van der Waals surface area (Å²) in [4.78, 5) is 2.31. The zero-order valence-corrected chi connectivity index (χ0v) is 12.4. The van der Waals surface area contributed by atoms with Crippen molar-refractivity contribution in [1.29, 1.82) is 0 Å². The molecular formula is C15H20F3NO3. The van der Waals surface area contributed by atoms with Gasteiger partial charge in [0.05, 0.1) is 6.61 Å². The summed E-state index contributed by atoms with van der Waals surface area (Å²) in [5, 5.41) is 0. The molecule has 0 aromatic heterocycles. The van der Waals surface area contributed by atoms with Crippen molar-refractivity contribution in [2.75, 3.05) is 33.4 Å². The average molecular weight is 319 g/mol. The van der Waals surface area contributed by atoms with Crippen LogP contribution in [0.1, 0.15) is 12.8 Å². The van der Waals surface area contributed by atoms with Gasteiger partial charge in [0.15, 0.2) is 0 Å². The van der Waals surface area contributed by atoms with E-state index in [4.69, 9.17) is 9.47 Å². The Hall–Kier alpha value is -1.47. The Morgan fingerprint density at radius 3 is 2.23 bits per heavy atom. The molecule has 0 N–H and O–H groups in total. The minimum Gasteiger partial charge on any atom is -0.490 e. The quantitative estimate of drug-likeness (QED) is 0.806. The van der Waals surface area contributed by atoms with E-state index in [0.717, 1.165) is 32.5 Å². The summed E-state index contributed by atoms with van der Waals surface area (Å²) in [6.45, 7) is 3.49. The zero-order chi connectivity index (χ0) is 16.0. The average Bonchev–Trinajstić information content (AvgIpc) is 2.47. The second-order valence-corrected chi connectivity index (χ2v) is 5.17. The van der Waals surface area contributed by atoms with Crippen LogP contribution >= 0.6 is 0 Å². The topological polar surface area (TPSA) is 30.9 Å². The summed E-state index contributed by atoms with van der Waals surface area (Å²) < 4.78 is 50.9. The molecule has 1 heterocycles. The first-order valence-electron chi connectivity index (χ1n) is 7.20. The van der Waals surface area contributed by atoms with Gasteiger partial charge in [-0.05, 0) is 37.1 Å². The molecule has 0 spiro atoms. The van der Waals surface area contributed by atoms with Crippen molar-refractivity contribution >= 4 is 0 Å². The highest BCUT2D eigenvalue weighted by atomic mass is 19.4. The molecule has 1 aromatic rings. The predicted octanol–water partition coefficient (Wildman–Crippen LogP) is 3.07. The van der Waals surface area contributed by atoms with Crippen LogP contribution in [0.4, 0.5) is 13.2 Å². The number of rotatable bonds is 6. The lowest BCUT2D eigenvalue weighted by molar-refractivity contribution is -0.274. The highest BCUT2D eigenvalue weighted by molar-refractivity contribution is 5.31. The van der Waals surface area contributed by atoms with E-state index < -0.39 is 6.36 Å². The van der Waals surface area contributed by atoms with Gasteiger partial charge >= 0.3 is 6.36 Å². The number of halogens is 3. The Bertz CT molecular complexity index is 442. The lowest BCUT2D eigenvalue weighted by Crippen LogP contribution is -2.39. The van der Waals surface area contributed by atoms with Gasteiger partial charge in [0.25, 0.3) is 0 Å². The van der Waals surface area contributed by atoms with E-state index in [9.17, 15) is 13.2 Å². The molecule has 0 unspecified atom stereocenters. The SMILES string of the molecule is COCCN1CCC(Oc2ccc(OC(F)(F)F)cc2)CC1. The lowest BCUT2D eigenvalue weighted by atomic mass is 10.1. The molecule has 1 saturated heterocycles. The fraction of sp³-hybridized carbons (Fsp3) is 0.600. The van der Waals surface area contributed by atoms with Crippen molar-refractivity contribution in [2.45, 2.75) is 25.3 Å². The van der Waals surface area contributed by atoms with E-state index in [2.05, 4.69) is 9.64 Å². The standard InChI is InChI=1S/C15H20F3NO3/c1-20-11-10-19-8-6-13(7-9-19)21-12-2-4-14(5-3-12)22-15(16,17)18/h2-5,13H,6-11H2,1H3. The van der Waals surface area contributed by atoms with Gasteiger partial charge in [-0.1, -0.05) is 0 Å². The molecule has 4 nitrogen and oxygen atoms in total. The maximum absolute atomic E-state index is 12.1. The number of ether oxygens (including phenoxy) is 3. The van der Waals surface area contributed by atoms with Gasteiger partial charge in [-0.2, -0.15) is 0 Å². The molecule has 1 fully saturated rings. The van der Waals surface area contributed by atoms with Crippen LogP contribution < -0.4 is 9.47 Å². The van der Waals surface area contributed by atoms with Crippen LogP contribution in [0.15, 0.2) is 24.3 Å². The summed E-state index contributed by atoms with van der Waals surface area (Å²) in [7, 11) is 1.68. The molecule has 1 aliphatic heterocycles. The molecule has 1 aliphatic rings. The van der Waals surface area contributed by atoms with Crippen molar-refractivity contribution in [1.82, 2.24) is 4.90 Å². The molecular weight excluding hydrogens is 299 g/mol. The molecule has 0 amide bonds. The largest absolute Gasteiger partial charge is 0.573 e. The second kappa shape index (κ2) is 7.69. The van der Waals surface area contributed by atoms with Crippen molar-refractivity contribution in [3.05, 3.63) is 24.3 Å². The number of likely N-dealkylation sites (tertiary alicyclic amines) is 1. The van der Waals surface area contributed by atoms with Gasteiger partial charge in [-0.15, -0.1) is 13.2 Å². The molecule has 0 atom stereocenters. The van der Waals surface area contributed by atoms with E-state index in [1.165, 1.54) is 24.3 Å². The summed E-state index contributed by atoms with van der Waals surface area (Å²) in [6.07, 6.45) is -2.79. The summed E-state index contributed by atoms with van der Waals surface area (Å²) in [5.74, 6) is 0.319. The maximum Gasteiger partial charge on any atom is 0.573 e. The van der Waals surface area contributed by atoms with Crippen molar-refractivity contribution in [3.8, 4) is 11.5 Å². The minimum absolute atomic E-state index is 0.0909. The van der Waals surface area contributed by atoms with E-state index >= 15 is 0 Å². The number of piperidine rings is 1. The fourth-order valence-electron chi connectivity index (χ4n) is 2.38. The first-order valence-corrected chi connectivity index (χ1v) is 7.20. The smallest absolute Gasteiger partial charge is 0.490 e. The predicted molar refractivity (Wildman–Crippen MR) is 75.1 cm³/mol. The summed E-state index contributed by atoms with van der Waals surface area (Å²) in [6, 6.07) is 5.52. The van der Waals surface area contributed by atoms with Gasteiger partial charge in [0, 0.05) is 26.7 Å². The van der Waals surface area contributed by atoms with Crippen LogP contribution in [0.25, 0.3) is 0 Å². The summed E-state index contributed by atoms with van der Waals surface area (Å²) in [5.41, 5.74) is 0. The van der Waals surface area contributed by atoms with E-state index in [-0.39, 0.29) is 11.9 Å². The fourth-order valence-corrected chi connectivity index (χ4v) is 2.38. The Balaban J connectivity index is 1.77. The van der Waals surface area contributed by atoms with Crippen LogP contribution in [0.3, 0.4) is 0 Å². The van der Waals surface area contributed by atoms with Gasteiger partial charge in [0.2, 0.25) is 0 Å². The van der Waals surface area contributed by atoms with Gasteiger partial charge in [-0.3, -0.25) is 0 Å². The third-order valence-corrected chi connectivity index (χ3v) is 3.51. The normalized spacial score (nSPS) is 17.5. The van der Waals surface area contributed by atoms with Crippen LogP contribution in [0.2, 0.25) is 0 Å². The van der Waals surface area contributed by atoms with Crippen molar-refractivity contribution < 1.29 is 27.4 Å². The zero-order valence-electron chi connectivity index (χ0n) is 12.4. The van der Waals surface area contributed by atoms with E-state index in [1.807, 2.05) is 0 Å². The molecule has 0 bridgehead atoms. The second-order valence-electron chi connectivity index (χ2n) is 5.17. The van der Waals surface area contributed by atoms with Crippen LogP contribution in [-0.2, 0) is 4.74 Å². The lowest BCUT2D eigenvalue weighted by Gasteiger charge is -2.31. The highest BCUT2D eigenvalue weighted by Crippen LogP contribution is 2.26. The van der Waals surface area contributed by atoms with Crippen LogP contribution in [0.5, 0.6) is 11.5 Å². The molecule has 0 radical (unpaired) electrons. The van der Waals surface area contributed by atoms with Gasteiger partial charge < -0.3 is 19.1 Å². The van der Waals surface area contributed by atoms with Crippen LogP contribution in [-0.4, -0.2) is 50.7 Å². The van der Waals surface area contributed by atoms with Crippen LogP contribution in [0, 0.1) is 0 Å². The molecule has 22 heavy (non-hydrogen) atoms. The number of hydrogen-bond acceptors (Lipinski definition) is 4. The Morgan fingerprint density at radius 2 is 1.68 bits per heavy atom. The monoisotopic (exact) mass is 319 g/mol. The molecule has 1 aromatic carbocycles. The van der Waals surface area contributed by atoms with Gasteiger partial charge in [-0.25, -0.2) is 0 Å². The Kier molecular flexibility index (Phi) is 5.90. The van der Waals surface area contributed by atoms with E-state index in [1.54, 1.807) is 7.11 Å². The molecule has 7 heteroatoms. The summed E-state index contributed by atoms with van der Waals surface area (Å²) >= 11 is 0. The number of alkyl halides is 3. The Labute approximate surface area is 127 Å². The number of nitrogens with zero attached hydrogens (tertiary/aromatic N) is 1. The molecule has 0 saturated carbocycles. The van der Waals surface area contributed by atoms with Crippen molar-refractivity contribution in [3.63, 3.8) is 0 Å². The van der Waals surface area contributed by atoms with E-state index in [0.29, 0.717) is 12.4 Å². The number of hydrogen-bond donors (Lipinski definition) is 0. The molecule has 0 aliphatic carbocycles. The Morgan fingerprint density at radius 1 is 1.09 bits per heavy atom. The molecule has 124 valence electrons. The minimum atomic E-state index is -4.67. The van der Waals surface area contributed by atoms with Crippen molar-refractivity contribution in [2.24, 2.45) is 0 Å².